The molecule has 1 aliphatic rings. The van der Waals surface area contributed by atoms with Crippen LogP contribution in [0, 0.1) is 0 Å². The van der Waals surface area contributed by atoms with Gasteiger partial charge in [0.2, 0.25) is 5.91 Å². The first-order valence-corrected chi connectivity index (χ1v) is 9.20. The van der Waals surface area contributed by atoms with Crippen molar-refractivity contribution in [3.63, 3.8) is 0 Å². The number of amides is 1. The van der Waals surface area contributed by atoms with E-state index in [0.717, 1.165) is 48.9 Å². The molecule has 0 unspecified atom stereocenters. The van der Waals surface area contributed by atoms with Crippen LogP contribution in [0.5, 0.6) is 0 Å². The molecule has 0 radical (unpaired) electrons. The highest BCUT2D eigenvalue weighted by atomic mass is 16.3. The minimum absolute atomic E-state index is 0.128. The highest BCUT2D eigenvalue weighted by molar-refractivity contribution is 5.76. The zero-order valence-corrected chi connectivity index (χ0v) is 14.9. The fraction of sp³-hybridized carbons (Fsp3) is 0.450. The Morgan fingerprint density at radius 1 is 1.19 bits per heavy atom. The van der Waals surface area contributed by atoms with Gasteiger partial charge in [0.25, 0.3) is 5.56 Å². The summed E-state index contributed by atoms with van der Waals surface area (Å²) in [5.74, 6) is -0.317. The fourth-order valence-electron chi connectivity index (χ4n) is 3.36. The highest BCUT2D eigenvalue weighted by Crippen LogP contribution is 2.16. The van der Waals surface area contributed by atoms with Crippen molar-refractivity contribution in [3.05, 3.63) is 63.6 Å². The van der Waals surface area contributed by atoms with Gasteiger partial charge in [0.15, 0.2) is 0 Å². The van der Waals surface area contributed by atoms with Gasteiger partial charge in [0.1, 0.15) is 6.54 Å². The molecule has 1 heterocycles. The third kappa shape index (κ3) is 4.79. The average molecular weight is 355 g/mol. The first kappa shape index (κ1) is 18.3. The summed E-state index contributed by atoms with van der Waals surface area (Å²) in [6.07, 6.45) is 5.56. The number of carbonyl (C=O) groups excluding carboxylic acids is 1. The van der Waals surface area contributed by atoms with Crippen molar-refractivity contribution >= 4 is 5.91 Å². The monoisotopic (exact) mass is 355 g/mol. The zero-order chi connectivity index (χ0) is 18.4. The third-order valence-electron chi connectivity index (χ3n) is 4.73. The van der Waals surface area contributed by atoms with Crippen molar-refractivity contribution in [1.29, 1.82) is 0 Å². The summed E-state index contributed by atoms with van der Waals surface area (Å²) in [6.45, 7) is -0.287. The van der Waals surface area contributed by atoms with E-state index in [0.29, 0.717) is 6.42 Å². The Hall–Kier alpha value is -2.47. The van der Waals surface area contributed by atoms with Crippen LogP contribution in [0.2, 0.25) is 0 Å². The maximum absolute atomic E-state index is 12.3. The van der Waals surface area contributed by atoms with Crippen LogP contribution in [0.3, 0.4) is 0 Å². The van der Waals surface area contributed by atoms with Crippen molar-refractivity contribution < 1.29 is 9.90 Å². The molecule has 26 heavy (non-hydrogen) atoms. The highest BCUT2D eigenvalue weighted by Gasteiger charge is 2.16. The Kier molecular flexibility index (Phi) is 6.17. The summed E-state index contributed by atoms with van der Waals surface area (Å²) in [6, 6.07) is 10.9. The molecule has 1 amide bonds. The molecule has 0 aliphatic heterocycles. The molecule has 2 N–H and O–H groups in total. The Morgan fingerprint density at radius 2 is 1.96 bits per heavy atom. The number of nitrogens with zero attached hydrogens (tertiary/aromatic N) is 2. The van der Waals surface area contributed by atoms with Crippen molar-refractivity contribution in [2.24, 2.45) is 0 Å². The quantitative estimate of drug-likeness (QED) is 0.764. The number of aromatic nitrogens is 2. The minimum Gasteiger partial charge on any atom is -0.394 e. The molecule has 0 fully saturated rings. The third-order valence-corrected chi connectivity index (χ3v) is 4.73. The lowest BCUT2D eigenvalue weighted by Crippen LogP contribution is -2.42. The summed E-state index contributed by atoms with van der Waals surface area (Å²) >= 11 is 0. The Bertz CT molecular complexity index is 802. The molecule has 0 spiro atoms. The van der Waals surface area contributed by atoms with E-state index in [1.54, 1.807) is 6.07 Å². The second kappa shape index (κ2) is 8.76. The van der Waals surface area contributed by atoms with E-state index in [4.69, 9.17) is 0 Å². The van der Waals surface area contributed by atoms with Gasteiger partial charge in [-0.05, 0) is 43.2 Å². The van der Waals surface area contributed by atoms with E-state index in [9.17, 15) is 14.7 Å². The van der Waals surface area contributed by atoms with E-state index in [2.05, 4.69) is 10.4 Å². The maximum atomic E-state index is 12.3. The van der Waals surface area contributed by atoms with E-state index in [1.807, 2.05) is 30.3 Å². The fourth-order valence-corrected chi connectivity index (χ4v) is 3.36. The van der Waals surface area contributed by atoms with Crippen LogP contribution in [0.1, 0.15) is 36.1 Å². The summed E-state index contributed by atoms with van der Waals surface area (Å²) in [7, 11) is 0. The SMILES string of the molecule is O=C(Cn1nc2c(cc1=O)CCCCC2)N[C@@H](CO)Cc1ccccc1. The molecule has 6 heteroatoms. The van der Waals surface area contributed by atoms with Crippen molar-refractivity contribution in [3.8, 4) is 0 Å². The Morgan fingerprint density at radius 3 is 2.73 bits per heavy atom. The van der Waals surface area contributed by atoms with Gasteiger partial charge < -0.3 is 10.4 Å². The number of aliphatic hydroxyl groups excluding tert-OH is 1. The second-order valence-corrected chi connectivity index (χ2v) is 6.81. The summed E-state index contributed by atoms with van der Waals surface area (Å²) in [5, 5.41) is 16.8. The smallest absolute Gasteiger partial charge is 0.267 e. The molecule has 138 valence electrons. The number of aryl methyl sites for hydroxylation is 2. The molecule has 3 rings (SSSR count). The molecule has 0 bridgehead atoms. The van der Waals surface area contributed by atoms with Crippen LogP contribution >= 0.6 is 0 Å². The number of rotatable bonds is 6. The van der Waals surface area contributed by atoms with Gasteiger partial charge in [0.05, 0.1) is 18.3 Å². The van der Waals surface area contributed by atoms with Gasteiger partial charge >= 0.3 is 0 Å². The van der Waals surface area contributed by atoms with Crippen LogP contribution in [-0.2, 0) is 30.6 Å². The van der Waals surface area contributed by atoms with Gasteiger partial charge in [-0.25, -0.2) is 4.68 Å². The first-order valence-electron chi connectivity index (χ1n) is 9.20. The van der Waals surface area contributed by atoms with Crippen molar-refractivity contribution in [2.45, 2.75) is 51.1 Å². The second-order valence-electron chi connectivity index (χ2n) is 6.81. The number of fused-ring (bicyclic) bond motifs is 1. The summed E-state index contributed by atoms with van der Waals surface area (Å²) in [4.78, 5) is 24.6. The van der Waals surface area contributed by atoms with Crippen LogP contribution in [0.4, 0.5) is 0 Å². The van der Waals surface area contributed by atoms with E-state index in [-0.39, 0.29) is 30.7 Å². The van der Waals surface area contributed by atoms with Gasteiger partial charge in [-0.3, -0.25) is 9.59 Å². The standard InChI is InChI=1S/C20H25N3O3/c24-14-17(11-15-7-3-1-4-8-15)21-19(25)13-23-20(26)12-16-9-5-2-6-10-18(16)22-23/h1,3-4,7-8,12,17,24H,2,5-6,9-11,13-14H2,(H,21,25)/t17-/m1/s1. The molecule has 0 saturated heterocycles. The van der Waals surface area contributed by atoms with Crippen LogP contribution in [0.15, 0.2) is 41.2 Å². The topological polar surface area (TPSA) is 84.2 Å². The van der Waals surface area contributed by atoms with E-state index < -0.39 is 0 Å². The largest absolute Gasteiger partial charge is 0.394 e. The molecule has 1 aliphatic carbocycles. The van der Waals surface area contributed by atoms with Gasteiger partial charge in [-0.2, -0.15) is 5.10 Å². The summed E-state index contributed by atoms with van der Waals surface area (Å²) < 4.78 is 1.23. The lowest BCUT2D eigenvalue weighted by atomic mass is 10.1. The summed E-state index contributed by atoms with van der Waals surface area (Å²) in [5.41, 5.74) is 2.73. The molecular weight excluding hydrogens is 330 g/mol. The lowest BCUT2D eigenvalue weighted by Gasteiger charge is -2.17. The van der Waals surface area contributed by atoms with Crippen LogP contribution < -0.4 is 10.9 Å². The predicted octanol–water partition coefficient (Wildman–Crippen LogP) is 1.23. The van der Waals surface area contributed by atoms with Gasteiger partial charge in [-0.1, -0.05) is 36.8 Å². The van der Waals surface area contributed by atoms with E-state index >= 15 is 0 Å². The molecule has 2 aromatic rings. The molecular formula is C20H25N3O3. The predicted molar refractivity (Wildman–Crippen MR) is 98.9 cm³/mol. The molecule has 1 aromatic carbocycles. The number of nitrogens with one attached hydrogen (secondary N) is 1. The molecule has 1 atom stereocenters. The number of carbonyl (C=O) groups is 1. The molecule has 1 aromatic heterocycles. The number of hydrogen-bond acceptors (Lipinski definition) is 4. The van der Waals surface area contributed by atoms with Gasteiger partial charge in [-0.15, -0.1) is 0 Å². The normalized spacial score (nSPS) is 15.0. The lowest BCUT2D eigenvalue weighted by molar-refractivity contribution is -0.122. The zero-order valence-electron chi connectivity index (χ0n) is 14.9. The van der Waals surface area contributed by atoms with Crippen LogP contribution in [0.25, 0.3) is 0 Å². The van der Waals surface area contributed by atoms with Crippen molar-refractivity contribution in [2.75, 3.05) is 6.61 Å². The van der Waals surface area contributed by atoms with Crippen molar-refractivity contribution in [1.82, 2.24) is 15.1 Å². The maximum Gasteiger partial charge on any atom is 0.267 e. The minimum atomic E-state index is -0.388. The van der Waals surface area contributed by atoms with Gasteiger partial charge in [0, 0.05) is 6.07 Å². The van der Waals surface area contributed by atoms with E-state index in [1.165, 1.54) is 4.68 Å². The number of benzene rings is 1. The van der Waals surface area contributed by atoms with Crippen LogP contribution in [-0.4, -0.2) is 33.4 Å². The Labute approximate surface area is 152 Å². The average Bonchev–Trinajstić information content (AvgIpc) is 2.87. The molecule has 6 nitrogen and oxygen atoms in total. The molecule has 0 saturated carbocycles. The Balaban J connectivity index is 1.65. The number of aliphatic hydroxyl groups is 1. The number of hydrogen-bond donors (Lipinski definition) is 2. The first-order chi connectivity index (χ1) is 12.7.